The van der Waals surface area contributed by atoms with Crippen molar-refractivity contribution in [3.63, 3.8) is 0 Å². The number of anilines is 4. The zero-order chi connectivity index (χ0) is 13.1. The van der Waals surface area contributed by atoms with Crippen molar-refractivity contribution >= 4 is 22.7 Å². The molecule has 94 valence electrons. The summed E-state index contributed by atoms with van der Waals surface area (Å²) in [6, 6.07) is 14.2. The smallest absolute Gasteiger partial charge is 0.0621 e. The van der Waals surface area contributed by atoms with Crippen LogP contribution >= 0.6 is 0 Å². The molecular weight excluding hydrogens is 222 g/mol. The molecule has 0 aliphatic rings. The molecule has 0 bridgehead atoms. The third kappa shape index (κ3) is 2.74. The zero-order valence-corrected chi connectivity index (χ0v) is 11.1. The molecular formula is C15H19N3. The van der Waals surface area contributed by atoms with Gasteiger partial charge < -0.3 is 16.0 Å². The number of para-hydroxylation sites is 2. The molecule has 0 saturated heterocycles. The molecule has 18 heavy (non-hydrogen) atoms. The van der Waals surface area contributed by atoms with Gasteiger partial charge in [0.15, 0.2) is 0 Å². The molecule has 3 N–H and O–H groups in total. The first-order valence-corrected chi connectivity index (χ1v) is 5.97. The topological polar surface area (TPSA) is 41.3 Å². The van der Waals surface area contributed by atoms with Gasteiger partial charge in [-0.25, -0.2) is 0 Å². The van der Waals surface area contributed by atoms with Crippen LogP contribution in [0.15, 0.2) is 42.5 Å². The number of nitrogens with zero attached hydrogens (tertiary/aromatic N) is 1. The summed E-state index contributed by atoms with van der Waals surface area (Å²) in [7, 11) is 4.07. The maximum absolute atomic E-state index is 5.86. The average molecular weight is 241 g/mol. The van der Waals surface area contributed by atoms with Crippen LogP contribution in [0, 0.1) is 6.92 Å². The number of hydrogen-bond acceptors (Lipinski definition) is 3. The normalized spacial score (nSPS) is 10.2. The molecule has 0 saturated carbocycles. The van der Waals surface area contributed by atoms with E-state index in [4.69, 9.17) is 5.73 Å². The summed E-state index contributed by atoms with van der Waals surface area (Å²) in [6.07, 6.45) is 0. The Morgan fingerprint density at radius 1 is 1.06 bits per heavy atom. The highest BCUT2D eigenvalue weighted by Gasteiger charge is 2.04. The van der Waals surface area contributed by atoms with Crippen LogP contribution < -0.4 is 16.0 Å². The maximum Gasteiger partial charge on any atom is 0.0621 e. The summed E-state index contributed by atoms with van der Waals surface area (Å²) in [5, 5.41) is 3.41. The minimum absolute atomic E-state index is 0.778. The molecule has 0 atom stereocenters. The number of hydrogen-bond donors (Lipinski definition) is 2. The van der Waals surface area contributed by atoms with Gasteiger partial charge >= 0.3 is 0 Å². The van der Waals surface area contributed by atoms with Crippen LogP contribution in [0.4, 0.5) is 22.7 Å². The van der Waals surface area contributed by atoms with Crippen LogP contribution in [0.1, 0.15) is 5.56 Å². The predicted molar refractivity (Wildman–Crippen MR) is 79.6 cm³/mol. The predicted octanol–water partition coefficient (Wildman–Crippen LogP) is 3.39. The standard InChI is InChI=1S/C15H19N3/c1-11-8-12(16)10-13(9-11)17-14-6-4-5-7-15(14)18(2)3/h4-10,17H,16H2,1-3H3. The van der Waals surface area contributed by atoms with Crippen molar-refractivity contribution in [1.82, 2.24) is 0 Å². The lowest BCUT2D eigenvalue weighted by Crippen LogP contribution is -2.10. The van der Waals surface area contributed by atoms with Crippen LogP contribution in [-0.2, 0) is 0 Å². The first-order valence-electron chi connectivity index (χ1n) is 5.97. The lowest BCUT2D eigenvalue weighted by Gasteiger charge is -2.18. The van der Waals surface area contributed by atoms with Gasteiger partial charge in [-0.3, -0.25) is 0 Å². The van der Waals surface area contributed by atoms with E-state index in [1.54, 1.807) is 0 Å². The number of benzene rings is 2. The van der Waals surface area contributed by atoms with E-state index in [1.165, 1.54) is 0 Å². The van der Waals surface area contributed by atoms with Crippen molar-refractivity contribution in [1.29, 1.82) is 0 Å². The van der Waals surface area contributed by atoms with Gasteiger partial charge in [-0.1, -0.05) is 12.1 Å². The number of nitrogens with two attached hydrogens (primary N) is 1. The van der Waals surface area contributed by atoms with Gasteiger partial charge in [0, 0.05) is 25.5 Å². The molecule has 2 aromatic carbocycles. The van der Waals surface area contributed by atoms with Crippen molar-refractivity contribution in [2.45, 2.75) is 6.92 Å². The van der Waals surface area contributed by atoms with E-state index < -0.39 is 0 Å². The molecule has 0 radical (unpaired) electrons. The van der Waals surface area contributed by atoms with Crippen molar-refractivity contribution in [2.75, 3.05) is 30.0 Å². The Morgan fingerprint density at radius 2 is 1.78 bits per heavy atom. The highest BCUT2D eigenvalue weighted by atomic mass is 15.1. The van der Waals surface area contributed by atoms with Gasteiger partial charge in [0.25, 0.3) is 0 Å². The van der Waals surface area contributed by atoms with Crippen molar-refractivity contribution < 1.29 is 0 Å². The minimum atomic E-state index is 0.778. The molecule has 0 aromatic heterocycles. The lowest BCUT2D eigenvalue weighted by atomic mass is 10.2. The largest absolute Gasteiger partial charge is 0.399 e. The Kier molecular flexibility index (Phi) is 3.42. The molecule has 0 spiro atoms. The Bertz CT molecular complexity index is 527. The summed E-state index contributed by atoms with van der Waals surface area (Å²) in [4.78, 5) is 2.08. The molecule has 0 fully saturated rings. The van der Waals surface area contributed by atoms with Gasteiger partial charge in [0.05, 0.1) is 11.4 Å². The third-order valence-electron chi connectivity index (χ3n) is 2.76. The Labute approximate surface area is 108 Å². The molecule has 3 nitrogen and oxygen atoms in total. The zero-order valence-electron chi connectivity index (χ0n) is 11.1. The van der Waals surface area contributed by atoms with Crippen LogP contribution in [0.25, 0.3) is 0 Å². The first-order chi connectivity index (χ1) is 8.56. The van der Waals surface area contributed by atoms with E-state index in [2.05, 4.69) is 28.4 Å². The Hall–Kier alpha value is -2.16. The average Bonchev–Trinajstić information content (AvgIpc) is 2.27. The second kappa shape index (κ2) is 5.00. The van der Waals surface area contributed by atoms with Crippen LogP contribution in [0.5, 0.6) is 0 Å². The van der Waals surface area contributed by atoms with Crippen LogP contribution in [-0.4, -0.2) is 14.1 Å². The number of nitrogen functional groups attached to an aromatic ring is 1. The number of nitrogens with one attached hydrogen (secondary N) is 1. The fourth-order valence-electron chi connectivity index (χ4n) is 2.01. The van der Waals surface area contributed by atoms with Gasteiger partial charge in [-0.2, -0.15) is 0 Å². The molecule has 2 aromatic rings. The Balaban J connectivity index is 2.34. The fourth-order valence-corrected chi connectivity index (χ4v) is 2.01. The van der Waals surface area contributed by atoms with Crippen molar-refractivity contribution in [2.24, 2.45) is 0 Å². The molecule has 2 rings (SSSR count). The van der Waals surface area contributed by atoms with Gasteiger partial charge in [0.2, 0.25) is 0 Å². The van der Waals surface area contributed by atoms with Gasteiger partial charge in [0.1, 0.15) is 0 Å². The van der Waals surface area contributed by atoms with Gasteiger partial charge in [-0.05, 0) is 42.8 Å². The number of aryl methyl sites for hydroxylation is 1. The summed E-state index contributed by atoms with van der Waals surface area (Å²) in [5.74, 6) is 0. The molecule has 0 aliphatic carbocycles. The van der Waals surface area contributed by atoms with E-state index in [0.29, 0.717) is 0 Å². The number of rotatable bonds is 3. The third-order valence-corrected chi connectivity index (χ3v) is 2.76. The Morgan fingerprint density at radius 3 is 2.44 bits per heavy atom. The summed E-state index contributed by atoms with van der Waals surface area (Å²) in [5.41, 5.74) is 11.0. The van der Waals surface area contributed by atoms with E-state index in [9.17, 15) is 0 Å². The monoisotopic (exact) mass is 241 g/mol. The maximum atomic E-state index is 5.86. The summed E-state index contributed by atoms with van der Waals surface area (Å²) >= 11 is 0. The highest BCUT2D eigenvalue weighted by Crippen LogP contribution is 2.28. The van der Waals surface area contributed by atoms with Crippen LogP contribution in [0.2, 0.25) is 0 Å². The molecule has 0 unspecified atom stereocenters. The highest BCUT2D eigenvalue weighted by molar-refractivity contribution is 5.76. The van der Waals surface area contributed by atoms with E-state index in [-0.39, 0.29) is 0 Å². The van der Waals surface area contributed by atoms with E-state index in [0.717, 1.165) is 28.3 Å². The quantitative estimate of drug-likeness (QED) is 0.809. The second-order valence-electron chi connectivity index (χ2n) is 4.67. The molecule has 0 heterocycles. The summed E-state index contributed by atoms with van der Waals surface area (Å²) < 4.78 is 0. The van der Waals surface area contributed by atoms with Crippen molar-refractivity contribution in [3.8, 4) is 0 Å². The van der Waals surface area contributed by atoms with Crippen LogP contribution in [0.3, 0.4) is 0 Å². The lowest BCUT2D eigenvalue weighted by molar-refractivity contribution is 1.13. The SMILES string of the molecule is Cc1cc(N)cc(Nc2ccccc2N(C)C)c1. The summed E-state index contributed by atoms with van der Waals surface area (Å²) in [6.45, 7) is 2.04. The van der Waals surface area contributed by atoms with Gasteiger partial charge in [-0.15, -0.1) is 0 Å². The van der Waals surface area contributed by atoms with E-state index in [1.807, 2.05) is 45.3 Å². The second-order valence-corrected chi connectivity index (χ2v) is 4.67. The van der Waals surface area contributed by atoms with E-state index >= 15 is 0 Å². The molecule has 0 amide bonds. The molecule has 0 aliphatic heterocycles. The fraction of sp³-hybridized carbons (Fsp3) is 0.200. The van der Waals surface area contributed by atoms with Crippen molar-refractivity contribution in [3.05, 3.63) is 48.0 Å². The minimum Gasteiger partial charge on any atom is -0.399 e. The first kappa shape index (κ1) is 12.3. The molecule has 3 heteroatoms.